The standard InChI is InChI=1S/C21H20N2O6/c1-13(18(24)22-11-12-28-2)29-21(27)14-7-9-15(10-8-14)23-19(25)16-5-3-4-6-17(16)20(23)26/h3-10,13H,11-12H2,1-2H3,(H,22,24)/t13-/m0/s1. The second-order valence-electron chi connectivity index (χ2n) is 6.37. The molecule has 1 N–H and O–H groups in total. The number of nitrogens with zero attached hydrogens (tertiary/aromatic N) is 1. The van der Waals surface area contributed by atoms with E-state index in [1.807, 2.05) is 0 Å². The number of esters is 1. The van der Waals surface area contributed by atoms with Gasteiger partial charge in [0.1, 0.15) is 0 Å². The molecule has 1 atom stereocenters. The van der Waals surface area contributed by atoms with Crippen molar-refractivity contribution in [2.24, 2.45) is 0 Å². The van der Waals surface area contributed by atoms with Crippen LogP contribution in [0.3, 0.4) is 0 Å². The molecule has 0 aromatic heterocycles. The lowest BCUT2D eigenvalue weighted by molar-refractivity contribution is -0.129. The van der Waals surface area contributed by atoms with Crippen LogP contribution in [0.5, 0.6) is 0 Å². The van der Waals surface area contributed by atoms with Gasteiger partial charge in [-0.2, -0.15) is 0 Å². The van der Waals surface area contributed by atoms with Crippen LogP contribution in [0.15, 0.2) is 48.5 Å². The fourth-order valence-corrected chi connectivity index (χ4v) is 2.87. The Labute approximate surface area is 167 Å². The number of imide groups is 1. The zero-order chi connectivity index (χ0) is 21.0. The number of hydrogen-bond acceptors (Lipinski definition) is 6. The maximum atomic E-state index is 12.5. The van der Waals surface area contributed by atoms with Gasteiger partial charge in [-0.15, -0.1) is 0 Å². The molecule has 8 heteroatoms. The van der Waals surface area contributed by atoms with Gasteiger partial charge in [0.2, 0.25) is 0 Å². The molecule has 0 saturated heterocycles. The van der Waals surface area contributed by atoms with E-state index in [1.54, 1.807) is 24.3 Å². The van der Waals surface area contributed by atoms with Gasteiger partial charge in [-0.25, -0.2) is 9.69 Å². The lowest BCUT2D eigenvalue weighted by atomic mass is 10.1. The number of methoxy groups -OCH3 is 1. The summed E-state index contributed by atoms with van der Waals surface area (Å²) in [7, 11) is 1.52. The molecule has 1 aliphatic rings. The molecule has 0 bridgehead atoms. The minimum atomic E-state index is -0.977. The van der Waals surface area contributed by atoms with Gasteiger partial charge in [-0.05, 0) is 43.3 Å². The van der Waals surface area contributed by atoms with Crippen LogP contribution in [-0.2, 0) is 14.3 Å². The number of nitrogens with one attached hydrogen (secondary N) is 1. The number of benzene rings is 2. The molecule has 8 nitrogen and oxygen atoms in total. The molecule has 0 radical (unpaired) electrons. The molecule has 0 saturated carbocycles. The summed E-state index contributed by atoms with van der Waals surface area (Å²) in [5.41, 5.74) is 1.23. The van der Waals surface area contributed by atoms with Crippen LogP contribution in [-0.4, -0.2) is 50.1 Å². The Hall–Kier alpha value is -3.52. The molecule has 2 aromatic rings. The zero-order valence-electron chi connectivity index (χ0n) is 16.0. The first-order valence-electron chi connectivity index (χ1n) is 8.99. The summed E-state index contributed by atoms with van der Waals surface area (Å²) in [6.07, 6.45) is -0.977. The number of anilines is 1. The maximum Gasteiger partial charge on any atom is 0.338 e. The topological polar surface area (TPSA) is 102 Å². The number of fused-ring (bicyclic) bond motifs is 1. The number of carbonyl (C=O) groups excluding carboxylic acids is 4. The number of amides is 3. The van der Waals surface area contributed by atoms with E-state index in [1.165, 1.54) is 38.3 Å². The van der Waals surface area contributed by atoms with Gasteiger partial charge < -0.3 is 14.8 Å². The first kappa shape index (κ1) is 20.2. The van der Waals surface area contributed by atoms with E-state index in [2.05, 4.69) is 5.32 Å². The van der Waals surface area contributed by atoms with Crippen molar-refractivity contribution in [2.75, 3.05) is 25.2 Å². The molecule has 1 heterocycles. The minimum absolute atomic E-state index is 0.196. The van der Waals surface area contributed by atoms with E-state index in [9.17, 15) is 19.2 Å². The predicted molar refractivity (Wildman–Crippen MR) is 104 cm³/mol. The molecule has 150 valence electrons. The van der Waals surface area contributed by atoms with Crippen LogP contribution >= 0.6 is 0 Å². The van der Waals surface area contributed by atoms with Crippen molar-refractivity contribution in [1.29, 1.82) is 0 Å². The zero-order valence-corrected chi connectivity index (χ0v) is 16.0. The molecular formula is C21H20N2O6. The fourth-order valence-electron chi connectivity index (χ4n) is 2.87. The molecule has 0 spiro atoms. The highest BCUT2D eigenvalue weighted by Crippen LogP contribution is 2.28. The van der Waals surface area contributed by atoms with Gasteiger partial charge in [-0.3, -0.25) is 14.4 Å². The number of ether oxygens (including phenoxy) is 2. The maximum absolute atomic E-state index is 12.5. The van der Waals surface area contributed by atoms with Crippen molar-refractivity contribution in [2.45, 2.75) is 13.0 Å². The van der Waals surface area contributed by atoms with E-state index in [-0.39, 0.29) is 5.56 Å². The van der Waals surface area contributed by atoms with Crippen LogP contribution in [0, 0.1) is 0 Å². The molecule has 0 fully saturated rings. The average Bonchev–Trinajstić information content (AvgIpc) is 2.99. The van der Waals surface area contributed by atoms with Crippen LogP contribution in [0.4, 0.5) is 5.69 Å². The van der Waals surface area contributed by atoms with E-state index < -0.39 is 29.8 Å². The molecular weight excluding hydrogens is 376 g/mol. The molecule has 1 aliphatic heterocycles. The largest absolute Gasteiger partial charge is 0.449 e. The van der Waals surface area contributed by atoms with Gasteiger partial charge >= 0.3 is 5.97 Å². The number of hydrogen-bond donors (Lipinski definition) is 1. The highest BCUT2D eigenvalue weighted by molar-refractivity contribution is 6.34. The van der Waals surface area contributed by atoms with Gasteiger partial charge in [-0.1, -0.05) is 12.1 Å². The van der Waals surface area contributed by atoms with Gasteiger partial charge in [0.15, 0.2) is 6.10 Å². The van der Waals surface area contributed by atoms with Crippen molar-refractivity contribution >= 4 is 29.4 Å². The summed E-state index contributed by atoms with van der Waals surface area (Å²) in [4.78, 5) is 50.2. The SMILES string of the molecule is COCCNC(=O)[C@H](C)OC(=O)c1ccc(N2C(=O)c3ccccc3C2=O)cc1. The van der Waals surface area contributed by atoms with E-state index >= 15 is 0 Å². The number of carbonyl (C=O) groups is 4. The quantitative estimate of drug-likeness (QED) is 0.435. The highest BCUT2D eigenvalue weighted by Gasteiger charge is 2.36. The lowest BCUT2D eigenvalue weighted by Crippen LogP contribution is -2.37. The first-order valence-corrected chi connectivity index (χ1v) is 8.99. The van der Waals surface area contributed by atoms with Crippen molar-refractivity contribution in [3.8, 4) is 0 Å². The van der Waals surface area contributed by atoms with Crippen molar-refractivity contribution in [3.63, 3.8) is 0 Å². The second-order valence-corrected chi connectivity index (χ2v) is 6.37. The van der Waals surface area contributed by atoms with E-state index in [0.717, 1.165) is 4.90 Å². The Morgan fingerprint density at radius 3 is 2.14 bits per heavy atom. The normalized spacial score (nSPS) is 13.8. The third kappa shape index (κ3) is 4.17. The van der Waals surface area contributed by atoms with Crippen molar-refractivity contribution in [1.82, 2.24) is 5.32 Å². The van der Waals surface area contributed by atoms with Crippen LogP contribution in [0.1, 0.15) is 38.0 Å². The Balaban J connectivity index is 1.66. The molecule has 3 amide bonds. The smallest absolute Gasteiger partial charge is 0.338 e. The summed E-state index contributed by atoms with van der Waals surface area (Å²) in [6, 6.07) is 12.4. The highest BCUT2D eigenvalue weighted by atomic mass is 16.5. The summed E-state index contributed by atoms with van der Waals surface area (Å²) in [6.45, 7) is 2.13. The Bertz CT molecular complexity index is 919. The Morgan fingerprint density at radius 2 is 1.59 bits per heavy atom. The van der Waals surface area contributed by atoms with E-state index in [4.69, 9.17) is 9.47 Å². The van der Waals surface area contributed by atoms with Gasteiger partial charge in [0, 0.05) is 13.7 Å². The van der Waals surface area contributed by atoms with E-state index in [0.29, 0.717) is 30.0 Å². The van der Waals surface area contributed by atoms with Gasteiger partial charge in [0.05, 0.1) is 29.0 Å². The molecule has 0 unspecified atom stereocenters. The lowest BCUT2D eigenvalue weighted by Gasteiger charge is -2.15. The molecule has 2 aromatic carbocycles. The fraction of sp³-hybridized carbons (Fsp3) is 0.238. The average molecular weight is 396 g/mol. The summed E-state index contributed by atoms with van der Waals surface area (Å²) < 4.78 is 9.98. The third-order valence-corrected chi connectivity index (χ3v) is 4.41. The van der Waals surface area contributed by atoms with Crippen molar-refractivity contribution < 1.29 is 28.7 Å². The molecule has 29 heavy (non-hydrogen) atoms. The van der Waals surface area contributed by atoms with Crippen LogP contribution < -0.4 is 10.2 Å². The Morgan fingerprint density at radius 1 is 1.00 bits per heavy atom. The predicted octanol–water partition coefficient (Wildman–Crippen LogP) is 1.80. The van der Waals surface area contributed by atoms with Crippen molar-refractivity contribution in [3.05, 3.63) is 65.2 Å². The molecule has 3 rings (SSSR count). The summed E-state index contributed by atoms with van der Waals surface area (Å²) in [5, 5.41) is 2.58. The van der Waals surface area contributed by atoms with Gasteiger partial charge in [0.25, 0.3) is 17.7 Å². The summed E-state index contributed by atoms with van der Waals surface area (Å²) >= 11 is 0. The van der Waals surface area contributed by atoms with Crippen LogP contribution in [0.2, 0.25) is 0 Å². The summed E-state index contributed by atoms with van der Waals surface area (Å²) in [5.74, 6) is -1.95. The third-order valence-electron chi connectivity index (χ3n) is 4.41. The monoisotopic (exact) mass is 396 g/mol. The van der Waals surface area contributed by atoms with Crippen LogP contribution in [0.25, 0.3) is 0 Å². The Kier molecular flexibility index (Phi) is 6.04. The second kappa shape index (κ2) is 8.66. The number of rotatable bonds is 7. The minimum Gasteiger partial charge on any atom is -0.449 e. The first-order chi connectivity index (χ1) is 13.9. The molecule has 0 aliphatic carbocycles.